The third-order valence-corrected chi connectivity index (χ3v) is 3.75. The molecule has 26 heavy (non-hydrogen) atoms. The van der Waals surface area contributed by atoms with Crippen molar-refractivity contribution in [3.63, 3.8) is 0 Å². The van der Waals surface area contributed by atoms with E-state index in [1.807, 2.05) is 13.0 Å². The summed E-state index contributed by atoms with van der Waals surface area (Å²) >= 11 is 0. The zero-order chi connectivity index (χ0) is 18.5. The molecule has 1 aliphatic heterocycles. The number of nitrogens with zero attached hydrogens (tertiary/aromatic N) is 1. The van der Waals surface area contributed by atoms with E-state index < -0.39 is 5.97 Å². The average Bonchev–Trinajstić information content (AvgIpc) is 3.03. The standard InChI is InChI=1S/C20H19NO5/c1-4-25-18-12-13(5-10-17(18)24-3)11-16-20(22)26-19(21-16)14-6-8-15(23-2)9-7-14/h5-12H,4H2,1-3H3/b16-11-. The molecule has 1 heterocycles. The van der Waals surface area contributed by atoms with E-state index in [2.05, 4.69) is 4.99 Å². The number of methoxy groups -OCH3 is 2. The number of rotatable bonds is 6. The maximum Gasteiger partial charge on any atom is 0.363 e. The van der Waals surface area contributed by atoms with Crippen LogP contribution in [-0.4, -0.2) is 32.7 Å². The van der Waals surface area contributed by atoms with Gasteiger partial charge in [-0.25, -0.2) is 9.79 Å². The Morgan fingerprint density at radius 3 is 2.46 bits per heavy atom. The van der Waals surface area contributed by atoms with E-state index in [1.54, 1.807) is 56.7 Å². The van der Waals surface area contributed by atoms with Gasteiger partial charge in [0.2, 0.25) is 5.90 Å². The topological polar surface area (TPSA) is 66.3 Å². The van der Waals surface area contributed by atoms with Crippen LogP contribution in [0.3, 0.4) is 0 Å². The number of ether oxygens (including phenoxy) is 4. The van der Waals surface area contributed by atoms with E-state index in [0.29, 0.717) is 23.7 Å². The van der Waals surface area contributed by atoms with Gasteiger partial charge in [0.25, 0.3) is 0 Å². The maximum atomic E-state index is 12.1. The van der Waals surface area contributed by atoms with Crippen LogP contribution in [0.5, 0.6) is 17.2 Å². The number of carbonyl (C=O) groups is 1. The van der Waals surface area contributed by atoms with Crippen LogP contribution in [-0.2, 0) is 9.53 Å². The highest BCUT2D eigenvalue weighted by molar-refractivity contribution is 6.12. The van der Waals surface area contributed by atoms with Crippen molar-refractivity contribution in [3.05, 3.63) is 59.3 Å². The summed E-state index contributed by atoms with van der Waals surface area (Å²) in [6, 6.07) is 12.5. The summed E-state index contributed by atoms with van der Waals surface area (Å²) < 4.78 is 21.2. The molecule has 3 rings (SSSR count). The summed E-state index contributed by atoms with van der Waals surface area (Å²) in [5.41, 5.74) is 1.69. The Kier molecular flexibility index (Phi) is 5.22. The molecule has 0 N–H and O–H groups in total. The first-order valence-corrected chi connectivity index (χ1v) is 8.12. The highest BCUT2D eigenvalue weighted by Gasteiger charge is 2.24. The summed E-state index contributed by atoms with van der Waals surface area (Å²) in [5, 5.41) is 0. The quantitative estimate of drug-likeness (QED) is 0.588. The number of benzene rings is 2. The molecular weight excluding hydrogens is 334 g/mol. The van der Waals surface area contributed by atoms with Crippen LogP contribution in [0.25, 0.3) is 6.08 Å². The van der Waals surface area contributed by atoms with Gasteiger partial charge in [-0.2, -0.15) is 0 Å². The second kappa shape index (κ2) is 7.74. The van der Waals surface area contributed by atoms with Gasteiger partial charge < -0.3 is 18.9 Å². The zero-order valence-corrected chi connectivity index (χ0v) is 14.8. The van der Waals surface area contributed by atoms with Gasteiger partial charge in [0, 0.05) is 5.56 Å². The normalized spacial score (nSPS) is 14.8. The molecule has 0 spiro atoms. The van der Waals surface area contributed by atoms with E-state index in [9.17, 15) is 4.79 Å². The van der Waals surface area contributed by atoms with Crippen molar-refractivity contribution < 1.29 is 23.7 Å². The van der Waals surface area contributed by atoms with Gasteiger partial charge in [0.1, 0.15) is 5.75 Å². The average molecular weight is 353 g/mol. The summed E-state index contributed by atoms with van der Waals surface area (Å²) in [6.07, 6.45) is 1.65. The fourth-order valence-electron chi connectivity index (χ4n) is 2.48. The molecule has 0 amide bonds. The predicted molar refractivity (Wildman–Crippen MR) is 97.8 cm³/mol. The first kappa shape index (κ1) is 17.5. The van der Waals surface area contributed by atoms with Gasteiger partial charge in [-0.3, -0.25) is 0 Å². The fourth-order valence-corrected chi connectivity index (χ4v) is 2.48. The Hall–Kier alpha value is -3.28. The van der Waals surface area contributed by atoms with Crippen molar-refractivity contribution in [1.29, 1.82) is 0 Å². The lowest BCUT2D eigenvalue weighted by Crippen LogP contribution is -2.05. The molecule has 6 nitrogen and oxygen atoms in total. The number of aliphatic imine (C=N–C) groups is 1. The lowest BCUT2D eigenvalue weighted by Gasteiger charge is -2.09. The molecule has 0 radical (unpaired) electrons. The number of hydrogen-bond acceptors (Lipinski definition) is 6. The summed E-state index contributed by atoms with van der Waals surface area (Å²) in [5.74, 6) is 1.73. The van der Waals surface area contributed by atoms with E-state index in [0.717, 1.165) is 11.3 Å². The van der Waals surface area contributed by atoms with Gasteiger partial charge in [0.15, 0.2) is 17.2 Å². The minimum atomic E-state index is -0.496. The van der Waals surface area contributed by atoms with Crippen molar-refractivity contribution in [2.75, 3.05) is 20.8 Å². The van der Waals surface area contributed by atoms with Crippen molar-refractivity contribution in [2.45, 2.75) is 6.92 Å². The van der Waals surface area contributed by atoms with E-state index in [1.165, 1.54) is 0 Å². The largest absolute Gasteiger partial charge is 0.497 e. The molecule has 0 atom stereocenters. The van der Waals surface area contributed by atoms with Crippen LogP contribution < -0.4 is 14.2 Å². The third-order valence-electron chi connectivity index (χ3n) is 3.75. The molecule has 134 valence electrons. The summed E-state index contributed by atoms with van der Waals surface area (Å²) in [4.78, 5) is 16.4. The smallest absolute Gasteiger partial charge is 0.363 e. The second-order valence-electron chi connectivity index (χ2n) is 5.41. The first-order chi connectivity index (χ1) is 12.6. The molecule has 0 bridgehead atoms. The van der Waals surface area contributed by atoms with Crippen molar-refractivity contribution >= 4 is 17.9 Å². The molecule has 0 aromatic heterocycles. The third kappa shape index (κ3) is 3.69. The SMILES string of the molecule is CCOc1cc(/C=C2\N=C(c3ccc(OC)cc3)OC2=O)ccc1OC. The number of cyclic esters (lactones) is 1. The molecule has 2 aromatic carbocycles. The lowest BCUT2D eigenvalue weighted by atomic mass is 10.1. The fraction of sp³-hybridized carbons (Fsp3) is 0.200. The number of esters is 1. The van der Waals surface area contributed by atoms with Crippen LogP contribution >= 0.6 is 0 Å². The van der Waals surface area contributed by atoms with Gasteiger partial charge in [0.05, 0.1) is 20.8 Å². The molecule has 1 aliphatic rings. The molecule has 2 aromatic rings. The van der Waals surface area contributed by atoms with Crippen LogP contribution in [0.2, 0.25) is 0 Å². The Morgan fingerprint density at radius 2 is 1.81 bits per heavy atom. The number of hydrogen-bond donors (Lipinski definition) is 0. The van der Waals surface area contributed by atoms with Gasteiger partial charge >= 0.3 is 5.97 Å². The first-order valence-electron chi connectivity index (χ1n) is 8.12. The number of carbonyl (C=O) groups excluding carboxylic acids is 1. The minimum absolute atomic E-state index is 0.225. The second-order valence-corrected chi connectivity index (χ2v) is 5.41. The predicted octanol–water partition coefficient (Wildman–Crippen LogP) is 3.45. The van der Waals surface area contributed by atoms with Crippen molar-refractivity contribution in [3.8, 4) is 17.2 Å². The van der Waals surface area contributed by atoms with Crippen molar-refractivity contribution in [2.24, 2.45) is 4.99 Å². The van der Waals surface area contributed by atoms with Crippen LogP contribution in [0.4, 0.5) is 0 Å². The molecule has 0 saturated carbocycles. The highest BCUT2D eigenvalue weighted by Crippen LogP contribution is 2.29. The van der Waals surface area contributed by atoms with Crippen molar-refractivity contribution in [1.82, 2.24) is 0 Å². The van der Waals surface area contributed by atoms with E-state index >= 15 is 0 Å². The van der Waals surface area contributed by atoms with Gasteiger partial charge in [-0.15, -0.1) is 0 Å². The van der Waals surface area contributed by atoms with Crippen LogP contribution in [0, 0.1) is 0 Å². The molecule has 6 heteroatoms. The Labute approximate surface area is 151 Å². The Morgan fingerprint density at radius 1 is 1.04 bits per heavy atom. The molecule has 0 unspecified atom stereocenters. The molecule has 0 fully saturated rings. The lowest BCUT2D eigenvalue weighted by molar-refractivity contribution is -0.129. The minimum Gasteiger partial charge on any atom is -0.497 e. The monoisotopic (exact) mass is 353 g/mol. The zero-order valence-electron chi connectivity index (χ0n) is 14.8. The van der Waals surface area contributed by atoms with Crippen LogP contribution in [0.15, 0.2) is 53.2 Å². The maximum absolute atomic E-state index is 12.1. The highest BCUT2D eigenvalue weighted by atomic mass is 16.6. The summed E-state index contributed by atoms with van der Waals surface area (Å²) in [6.45, 7) is 2.41. The Bertz CT molecular complexity index is 868. The molecule has 0 aliphatic carbocycles. The van der Waals surface area contributed by atoms with Gasteiger partial charge in [-0.1, -0.05) is 6.07 Å². The molecular formula is C20H19NO5. The Balaban J connectivity index is 1.89. The van der Waals surface area contributed by atoms with E-state index in [4.69, 9.17) is 18.9 Å². The van der Waals surface area contributed by atoms with E-state index in [-0.39, 0.29) is 11.6 Å². The summed E-state index contributed by atoms with van der Waals surface area (Å²) in [7, 11) is 3.17. The van der Waals surface area contributed by atoms with Gasteiger partial charge in [-0.05, 0) is 55.0 Å². The van der Waals surface area contributed by atoms with Crippen LogP contribution in [0.1, 0.15) is 18.1 Å². The molecule has 0 saturated heterocycles.